The van der Waals surface area contributed by atoms with Crippen LogP contribution in [0.2, 0.25) is 0 Å². The fourth-order valence-electron chi connectivity index (χ4n) is 4.38. The molecule has 7 heteroatoms. The third kappa shape index (κ3) is 4.52. The number of aryl methyl sites for hydroxylation is 1. The molecule has 0 fully saturated rings. The highest BCUT2D eigenvalue weighted by atomic mass is 16.4. The van der Waals surface area contributed by atoms with Crippen molar-refractivity contribution in [2.75, 3.05) is 0 Å². The van der Waals surface area contributed by atoms with Crippen molar-refractivity contribution in [3.05, 3.63) is 95.5 Å². The number of carbonyl (C=O) groups is 1. The van der Waals surface area contributed by atoms with Crippen molar-refractivity contribution in [2.24, 2.45) is 0 Å². The van der Waals surface area contributed by atoms with Crippen LogP contribution in [0, 0.1) is 6.92 Å². The maximum absolute atomic E-state index is 13.3. The summed E-state index contributed by atoms with van der Waals surface area (Å²) in [5, 5.41) is 18.3. The minimum atomic E-state index is -0.207. The van der Waals surface area contributed by atoms with Gasteiger partial charge in [0, 0.05) is 17.9 Å². The molecular weight excluding hydrogens is 450 g/mol. The number of amides is 1. The Labute approximate surface area is 210 Å². The van der Waals surface area contributed by atoms with Crippen LogP contribution in [0.15, 0.2) is 77.2 Å². The van der Waals surface area contributed by atoms with Gasteiger partial charge in [-0.05, 0) is 47.5 Å². The fourth-order valence-corrected chi connectivity index (χ4v) is 4.38. The molecule has 0 saturated carbocycles. The second-order valence-corrected chi connectivity index (χ2v) is 10.0. The Kier molecular flexibility index (Phi) is 5.92. The number of carbonyl (C=O) groups excluding carboxylic acids is 1. The standard InChI is InChI=1S/C29H29N5O2/c1-18(23-15-9-11-20-10-6-7-14-24(20)23)30-27(35)21-12-8-13-22(16-21)34-26(29(3,4)5)17-25(33-34)28-32-31-19(2)36-28/h6-18H,1-5H3,(H,30,35). The lowest BCUT2D eigenvalue weighted by Gasteiger charge is -2.20. The van der Waals surface area contributed by atoms with E-state index in [9.17, 15) is 4.79 Å². The van der Waals surface area contributed by atoms with Gasteiger partial charge in [0.15, 0.2) is 0 Å². The third-order valence-electron chi connectivity index (χ3n) is 6.21. The number of fused-ring (bicyclic) bond motifs is 1. The number of nitrogens with one attached hydrogen (secondary N) is 1. The Hall–Kier alpha value is -4.26. The molecule has 0 spiro atoms. The molecule has 5 aromatic rings. The van der Waals surface area contributed by atoms with Crippen LogP contribution in [0.25, 0.3) is 28.0 Å². The largest absolute Gasteiger partial charge is 0.420 e. The average molecular weight is 480 g/mol. The minimum absolute atomic E-state index is 0.144. The lowest BCUT2D eigenvalue weighted by atomic mass is 9.91. The number of hydrogen-bond donors (Lipinski definition) is 1. The van der Waals surface area contributed by atoms with Crippen molar-refractivity contribution in [3.8, 4) is 17.3 Å². The topological polar surface area (TPSA) is 85.8 Å². The lowest BCUT2D eigenvalue weighted by Crippen LogP contribution is -2.27. The second kappa shape index (κ2) is 9.07. The first-order valence-electron chi connectivity index (χ1n) is 12.0. The van der Waals surface area contributed by atoms with E-state index >= 15 is 0 Å². The summed E-state index contributed by atoms with van der Waals surface area (Å²) in [5.74, 6) is 0.708. The normalized spacial score (nSPS) is 12.6. The zero-order valence-electron chi connectivity index (χ0n) is 21.1. The van der Waals surface area contributed by atoms with E-state index in [-0.39, 0.29) is 17.4 Å². The highest BCUT2D eigenvalue weighted by molar-refractivity contribution is 5.95. The van der Waals surface area contributed by atoms with Crippen molar-refractivity contribution >= 4 is 16.7 Å². The molecule has 2 heterocycles. The Morgan fingerprint density at radius 1 is 0.972 bits per heavy atom. The van der Waals surface area contributed by atoms with Crippen LogP contribution in [-0.4, -0.2) is 25.9 Å². The van der Waals surface area contributed by atoms with Gasteiger partial charge in [0.1, 0.15) is 5.69 Å². The zero-order valence-corrected chi connectivity index (χ0v) is 21.1. The SMILES string of the molecule is Cc1nnc(-c2cc(C(C)(C)C)n(-c3cccc(C(=O)NC(C)c4cccc5ccccc45)c3)n2)o1. The first-order chi connectivity index (χ1) is 17.2. The zero-order chi connectivity index (χ0) is 25.4. The first kappa shape index (κ1) is 23.5. The predicted octanol–water partition coefficient (Wildman–Crippen LogP) is 6.17. The van der Waals surface area contributed by atoms with Crippen molar-refractivity contribution in [1.29, 1.82) is 0 Å². The highest BCUT2D eigenvalue weighted by Gasteiger charge is 2.25. The lowest BCUT2D eigenvalue weighted by molar-refractivity contribution is 0.0940. The van der Waals surface area contributed by atoms with Gasteiger partial charge in [-0.3, -0.25) is 4.79 Å². The second-order valence-electron chi connectivity index (χ2n) is 10.0. The van der Waals surface area contributed by atoms with Gasteiger partial charge in [-0.15, -0.1) is 10.2 Å². The third-order valence-corrected chi connectivity index (χ3v) is 6.21. The predicted molar refractivity (Wildman–Crippen MR) is 140 cm³/mol. The smallest absolute Gasteiger partial charge is 0.268 e. The molecule has 1 atom stereocenters. The van der Waals surface area contributed by atoms with Crippen LogP contribution in [0.5, 0.6) is 0 Å². The molecule has 2 aromatic heterocycles. The summed E-state index contributed by atoms with van der Waals surface area (Å²) < 4.78 is 7.45. The number of hydrogen-bond acceptors (Lipinski definition) is 5. The molecule has 5 rings (SSSR count). The molecular formula is C29H29N5O2. The Bertz CT molecular complexity index is 1550. The summed E-state index contributed by atoms with van der Waals surface area (Å²) in [4.78, 5) is 13.3. The van der Waals surface area contributed by atoms with Crippen LogP contribution < -0.4 is 5.32 Å². The molecule has 1 amide bonds. The summed E-state index contributed by atoms with van der Waals surface area (Å²) in [7, 11) is 0. The number of benzene rings is 3. The van der Waals surface area contributed by atoms with Gasteiger partial charge in [-0.1, -0.05) is 69.3 Å². The molecule has 0 aliphatic rings. The van der Waals surface area contributed by atoms with Crippen LogP contribution in [0.4, 0.5) is 0 Å². The Balaban J connectivity index is 1.46. The van der Waals surface area contributed by atoms with E-state index in [1.807, 2.05) is 60.1 Å². The first-order valence-corrected chi connectivity index (χ1v) is 12.0. The summed E-state index contributed by atoms with van der Waals surface area (Å²) in [6.07, 6.45) is 0. The maximum atomic E-state index is 13.3. The number of aromatic nitrogens is 4. The van der Waals surface area contributed by atoms with E-state index < -0.39 is 0 Å². The van der Waals surface area contributed by atoms with Gasteiger partial charge in [-0.2, -0.15) is 5.10 Å². The van der Waals surface area contributed by atoms with Crippen LogP contribution >= 0.6 is 0 Å². The molecule has 7 nitrogen and oxygen atoms in total. The van der Waals surface area contributed by atoms with Crippen molar-refractivity contribution in [1.82, 2.24) is 25.3 Å². The monoisotopic (exact) mass is 479 g/mol. The van der Waals surface area contributed by atoms with Crippen molar-refractivity contribution < 1.29 is 9.21 Å². The van der Waals surface area contributed by atoms with E-state index in [0.29, 0.717) is 23.0 Å². The van der Waals surface area contributed by atoms with Gasteiger partial charge in [0.05, 0.1) is 17.4 Å². The van der Waals surface area contributed by atoms with Crippen molar-refractivity contribution in [3.63, 3.8) is 0 Å². The summed E-state index contributed by atoms with van der Waals surface area (Å²) in [6, 6.07) is 23.7. The molecule has 0 saturated heterocycles. The molecule has 0 aliphatic carbocycles. The van der Waals surface area contributed by atoms with E-state index in [2.05, 4.69) is 60.6 Å². The number of nitrogens with zero attached hydrogens (tertiary/aromatic N) is 4. The van der Waals surface area contributed by atoms with Crippen molar-refractivity contribution in [2.45, 2.75) is 46.1 Å². The maximum Gasteiger partial charge on any atom is 0.268 e. The van der Waals surface area contributed by atoms with Gasteiger partial charge < -0.3 is 9.73 Å². The molecule has 0 aliphatic heterocycles. The summed E-state index contributed by atoms with van der Waals surface area (Å²) >= 11 is 0. The van der Waals surface area contributed by atoms with Crippen LogP contribution in [0.1, 0.15) is 61.2 Å². The van der Waals surface area contributed by atoms with Crippen LogP contribution in [-0.2, 0) is 5.41 Å². The van der Waals surface area contributed by atoms with E-state index in [1.54, 1.807) is 6.92 Å². The quantitative estimate of drug-likeness (QED) is 0.326. The molecule has 0 radical (unpaired) electrons. The molecule has 1 N–H and O–H groups in total. The van der Waals surface area contributed by atoms with Gasteiger partial charge in [0.25, 0.3) is 11.8 Å². The fraction of sp³-hybridized carbons (Fsp3) is 0.241. The Morgan fingerprint density at radius 3 is 2.47 bits per heavy atom. The van der Waals surface area contributed by atoms with E-state index in [0.717, 1.165) is 27.7 Å². The summed E-state index contributed by atoms with van der Waals surface area (Å²) in [5.41, 5.74) is 3.79. The molecule has 36 heavy (non-hydrogen) atoms. The van der Waals surface area contributed by atoms with Gasteiger partial charge >= 0.3 is 0 Å². The minimum Gasteiger partial charge on any atom is -0.420 e. The molecule has 182 valence electrons. The van der Waals surface area contributed by atoms with Gasteiger partial charge in [-0.25, -0.2) is 4.68 Å². The highest BCUT2D eigenvalue weighted by Crippen LogP contribution is 2.30. The Morgan fingerprint density at radius 2 is 1.72 bits per heavy atom. The molecule has 0 bridgehead atoms. The average Bonchev–Trinajstić information content (AvgIpc) is 3.50. The molecule has 1 unspecified atom stereocenters. The van der Waals surface area contributed by atoms with Crippen LogP contribution in [0.3, 0.4) is 0 Å². The van der Waals surface area contributed by atoms with E-state index in [1.165, 1.54) is 0 Å². The number of rotatable bonds is 5. The van der Waals surface area contributed by atoms with Gasteiger partial charge in [0.2, 0.25) is 5.89 Å². The van der Waals surface area contributed by atoms with E-state index in [4.69, 9.17) is 9.52 Å². The molecule has 3 aromatic carbocycles. The summed E-state index contributed by atoms with van der Waals surface area (Å²) in [6.45, 7) is 10.1.